The van der Waals surface area contributed by atoms with E-state index in [1.165, 1.54) is 16.0 Å². The standard InChI is InChI=1S/C22H23ClN2O4S/c1-28-20-10-14(12-24-18-6-3-15-11-16(23)4-5-17(15)18)2-7-19(20)29-9-8-25-21(26)13-30-22(25)27/h2,4-5,7,10-11,18,24H,3,6,8-9,12-13H2,1H3. The van der Waals surface area contributed by atoms with Crippen LogP contribution in [0.4, 0.5) is 4.79 Å². The Labute approximate surface area is 184 Å². The zero-order valence-corrected chi connectivity index (χ0v) is 18.2. The number of amides is 2. The molecule has 4 rings (SSSR count). The summed E-state index contributed by atoms with van der Waals surface area (Å²) in [5, 5.41) is 4.18. The van der Waals surface area contributed by atoms with Crippen LogP contribution in [0.2, 0.25) is 5.02 Å². The Balaban J connectivity index is 1.33. The van der Waals surface area contributed by atoms with Crippen LogP contribution in [-0.2, 0) is 17.8 Å². The smallest absolute Gasteiger partial charge is 0.288 e. The minimum Gasteiger partial charge on any atom is -0.493 e. The molecule has 1 unspecified atom stereocenters. The number of rotatable bonds is 8. The van der Waals surface area contributed by atoms with Crippen LogP contribution in [-0.4, -0.2) is 42.1 Å². The highest BCUT2D eigenvalue weighted by molar-refractivity contribution is 8.14. The Morgan fingerprint density at radius 1 is 1.20 bits per heavy atom. The zero-order chi connectivity index (χ0) is 21.1. The fourth-order valence-corrected chi connectivity index (χ4v) is 4.77. The molecule has 2 aromatic rings. The molecule has 2 aliphatic rings. The molecule has 0 saturated carbocycles. The summed E-state index contributed by atoms with van der Waals surface area (Å²) in [5.74, 6) is 1.26. The lowest BCUT2D eigenvalue weighted by molar-refractivity contribution is -0.124. The van der Waals surface area contributed by atoms with Crippen molar-refractivity contribution >= 4 is 34.5 Å². The van der Waals surface area contributed by atoms with Gasteiger partial charge in [-0.2, -0.15) is 0 Å². The maximum Gasteiger partial charge on any atom is 0.288 e. The summed E-state index contributed by atoms with van der Waals surface area (Å²) < 4.78 is 11.2. The Hall–Kier alpha value is -2.22. The van der Waals surface area contributed by atoms with E-state index < -0.39 is 0 Å². The zero-order valence-electron chi connectivity index (χ0n) is 16.7. The van der Waals surface area contributed by atoms with Crippen molar-refractivity contribution in [2.45, 2.75) is 25.4 Å². The second-order valence-corrected chi connectivity index (χ2v) is 8.61. The van der Waals surface area contributed by atoms with E-state index in [9.17, 15) is 9.59 Å². The summed E-state index contributed by atoms with van der Waals surface area (Å²) in [4.78, 5) is 24.5. The first-order valence-corrected chi connectivity index (χ1v) is 11.2. The number of thioether (sulfide) groups is 1. The molecule has 8 heteroatoms. The molecule has 1 N–H and O–H groups in total. The van der Waals surface area contributed by atoms with E-state index in [0.29, 0.717) is 24.1 Å². The van der Waals surface area contributed by atoms with Gasteiger partial charge in [0.05, 0.1) is 19.4 Å². The first-order valence-electron chi connectivity index (χ1n) is 9.83. The third-order valence-electron chi connectivity index (χ3n) is 5.38. The van der Waals surface area contributed by atoms with E-state index in [-0.39, 0.29) is 30.1 Å². The van der Waals surface area contributed by atoms with Crippen molar-refractivity contribution in [2.75, 3.05) is 26.0 Å². The number of imide groups is 1. The first-order chi connectivity index (χ1) is 14.5. The molecule has 0 bridgehead atoms. The van der Waals surface area contributed by atoms with Gasteiger partial charge in [-0.1, -0.05) is 35.5 Å². The molecule has 2 amide bonds. The van der Waals surface area contributed by atoms with Crippen molar-refractivity contribution in [1.82, 2.24) is 10.2 Å². The summed E-state index contributed by atoms with van der Waals surface area (Å²) in [5.41, 5.74) is 3.72. The van der Waals surface area contributed by atoms with Crippen molar-refractivity contribution in [1.29, 1.82) is 0 Å². The predicted molar refractivity (Wildman–Crippen MR) is 117 cm³/mol. The molecule has 1 fully saturated rings. The molecule has 0 aromatic heterocycles. The van der Waals surface area contributed by atoms with Crippen LogP contribution in [0.5, 0.6) is 11.5 Å². The van der Waals surface area contributed by atoms with Crippen LogP contribution in [0.25, 0.3) is 0 Å². The highest BCUT2D eigenvalue weighted by Gasteiger charge is 2.29. The van der Waals surface area contributed by atoms with E-state index in [1.807, 2.05) is 24.3 Å². The molecule has 1 heterocycles. The summed E-state index contributed by atoms with van der Waals surface area (Å²) >= 11 is 7.12. The number of ether oxygens (including phenoxy) is 2. The van der Waals surface area contributed by atoms with Crippen LogP contribution in [0.15, 0.2) is 36.4 Å². The van der Waals surface area contributed by atoms with Gasteiger partial charge in [-0.05, 0) is 53.8 Å². The molecular formula is C22H23ClN2O4S. The average molecular weight is 447 g/mol. The van der Waals surface area contributed by atoms with E-state index in [4.69, 9.17) is 21.1 Å². The van der Waals surface area contributed by atoms with Crippen molar-refractivity contribution in [3.63, 3.8) is 0 Å². The van der Waals surface area contributed by atoms with Gasteiger partial charge in [0, 0.05) is 17.6 Å². The highest BCUT2D eigenvalue weighted by atomic mass is 35.5. The number of benzene rings is 2. The van der Waals surface area contributed by atoms with Crippen LogP contribution in [0.1, 0.15) is 29.2 Å². The van der Waals surface area contributed by atoms with Gasteiger partial charge in [0.25, 0.3) is 5.24 Å². The molecular weight excluding hydrogens is 424 g/mol. The number of halogens is 1. The summed E-state index contributed by atoms with van der Waals surface area (Å²) in [7, 11) is 1.60. The van der Waals surface area contributed by atoms with Gasteiger partial charge in [-0.15, -0.1) is 0 Å². The van der Waals surface area contributed by atoms with E-state index in [1.54, 1.807) is 7.11 Å². The number of nitrogens with zero attached hydrogens (tertiary/aromatic N) is 1. The van der Waals surface area contributed by atoms with Gasteiger partial charge < -0.3 is 14.8 Å². The maximum atomic E-state index is 11.7. The topological polar surface area (TPSA) is 67.9 Å². The lowest BCUT2D eigenvalue weighted by Crippen LogP contribution is -2.32. The van der Waals surface area contributed by atoms with Gasteiger partial charge in [0.2, 0.25) is 5.91 Å². The molecule has 1 atom stereocenters. The number of carbonyl (C=O) groups is 2. The van der Waals surface area contributed by atoms with Crippen LogP contribution in [0.3, 0.4) is 0 Å². The third-order valence-corrected chi connectivity index (χ3v) is 6.47. The van der Waals surface area contributed by atoms with Gasteiger partial charge in [0.15, 0.2) is 11.5 Å². The van der Waals surface area contributed by atoms with Gasteiger partial charge in [0.1, 0.15) is 6.61 Å². The number of hydrogen-bond donors (Lipinski definition) is 1. The fourth-order valence-electron chi connectivity index (χ4n) is 3.82. The van der Waals surface area contributed by atoms with Crippen molar-refractivity contribution in [2.24, 2.45) is 0 Å². The van der Waals surface area contributed by atoms with Gasteiger partial charge >= 0.3 is 0 Å². The molecule has 0 spiro atoms. The number of fused-ring (bicyclic) bond motifs is 1. The molecule has 0 radical (unpaired) electrons. The average Bonchev–Trinajstić information content (AvgIpc) is 3.29. The van der Waals surface area contributed by atoms with Crippen LogP contribution >= 0.6 is 23.4 Å². The summed E-state index contributed by atoms with van der Waals surface area (Å²) in [6.45, 7) is 1.17. The van der Waals surface area contributed by atoms with Crippen LogP contribution < -0.4 is 14.8 Å². The van der Waals surface area contributed by atoms with Crippen LogP contribution in [0, 0.1) is 0 Å². The first kappa shape index (κ1) is 21.0. The van der Waals surface area contributed by atoms with E-state index >= 15 is 0 Å². The number of carbonyl (C=O) groups excluding carboxylic acids is 2. The number of hydrogen-bond acceptors (Lipinski definition) is 6. The predicted octanol–water partition coefficient (Wildman–Crippen LogP) is 4.20. The minimum absolute atomic E-state index is 0.169. The molecule has 1 aliphatic carbocycles. The molecule has 2 aromatic carbocycles. The number of aryl methyl sites for hydroxylation is 1. The van der Waals surface area contributed by atoms with Crippen molar-refractivity contribution in [3.8, 4) is 11.5 Å². The van der Waals surface area contributed by atoms with Crippen molar-refractivity contribution < 1.29 is 19.1 Å². The number of nitrogens with one attached hydrogen (secondary N) is 1. The second-order valence-electron chi connectivity index (χ2n) is 7.25. The van der Waals surface area contributed by atoms with Gasteiger partial charge in [-0.3, -0.25) is 14.5 Å². The fraction of sp³-hybridized carbons (Fsp3) is 0.364. The minimum atomic E-state index is -0.215. The monoisotopic (exact) mass is 446 g/mol. The second kappa shape index (κ2) is 9.29. The van der Waals surface area contributed by atoms with Crippen molar-refractivity contribution in [3.05, 3.63) is 58.1 Å². The van der Waals surface area contributed by atoms with E-state index in [0.717, 1.165) is 35.2 Å². The normalized spacial score (nSPS) is 18.1. The summed E-state index contributed by atoms with van der Waals surface area (Å²) in [6.07, 6.45) is 2.09. The van der Waals surface area contributed by atoms with Gasteiger partial charge in [-0.25, -0.2) is 0 Å². The lowest BCUT2D eigenvalue weighted by Gasteiger charge is -2.17. The Kier molecular flexibility index (Phi) is 6.51. The molecule has 30 heavy (non-hydrogen) atoms. The quantitative estimate of drug-likeness (QED) is 0.655. The Bertz CT molecular complexity index is 952. The molecule has 158 valence electrons. The largest absolute Gasteiger partial charge is 0.493 e. The number of methoxy groups -OCH3 is 1. The molecule has 1 saturated heterocycles. The SMILES string of the molecule is COc1cc(CNC2CCc3cc(Cl)ccc32)ccc1OCCN1C(=O)CSC1=O. The third kappa shape index (κ3) is 4.58. The lowest BCUT2D eigenvalue weighted by atomic mass is 10.1. The maximum absolute atomic E-state index is 11.7. The highest BCUT2D eigenvalue weighted by Crippen LogP contribution is 2.34. The Morgan fingerprint density at radius 2 is 2.07 bits per heavy atom. The summed E-state index contributed by atoms with van der Waals surface area (Å²) in [6, 6.07) is 12.2. The van der Waals surface area contributed by atoms with E-state index in [2.05, 4.69) is 17.4 Å². The Morgan fingerprint density at radius 3 is 2.83 bits per heavy atom. The molecule has 6 nitrogen and oxygen atoms in total. The molecule has 1 aliphatic heterocycles.